The highest BCUT2D eigenvalue weighted by Gasteiger charge is 2.17. The molecule has 0 aromatic carbocycles. The summed E-state index contributed by atoms with van der Waals surface area (Å²) in [5.74, 6) is -4.00. The van der Waals surface area contributed by atoms with Gasteiger partial charge in [0, 0.05) is 6.08 Å². The zero-order valence-electron chi connectivity index (χ0n) is 9.47. The standard InChI is InChI=1S/C11H14O6/c1-3-5-6-16-11(15)8(7-9(12)13)17-10(14)4-2/h4,7H,2-3,5-6H2,1H3,(H,12,13)/b8-7+. The van der Waals surface area contributed by atoms with E-state index in [1.807, 2.05) is 6.92 Å². The minimum atomic E-state index is -1.41. The Hall–Kier alpha value is -2.11. The van der Waals surface area contributed by atoms with Crippen LogP contribution in [-0.4, -0.2) is 29.6 Å². The Kier molecular flexibility index (Phi) is 7.09. The van der Waals surface area contributed by atoms with Crippen molar-refractivity contribution in [3.63, 3.8) is 0 Å². The zero-order chi connectivity index (χ0) is 13.3. The number of hydrogen-bond donors (Lipinski definition) is 1. The van der Waals surface area contributed by atoms with E-state index >= 15 is 0 Å². The fraction of sp³-hybridized carbons (Fsp3) is 0.364. The summed E-state index contributed by atoms with van der Waals surface area (Å²) in [5, 5.41) is 8.49. The summed E-state index contributed by atoms with van der Waals surface area (Å²) in [6.07, 6.45) is 2.74. The highest BCUT2D eigenvalue weighted by atomic mass is 16.6. The van der Waals surface area contributed by atoms with Crippen molar-refractivity contribution in [3.05, 3.63) is 24.5 Å². The van der Waals surface area contributed by atoms with Gasteiger partial charge in [0.2, 0.25) is 5.76 Å². The summed E-state index contributed by atoms with van der Waals surface area (Å²) >= 11 is 0. The Morgan fingerprint density at radius 2 is 2.00 bits per heavy atom. The Bertz CT molecular complexity index is 342. The fourth-order valence-electron chi connectivity index (χ4n) is 0.773. The third-order valence-corrected chi connectivity index (χ3v) is 1.56. The first-order valence-corrected chi connectivity index (χ1v) is 4.97. The van der Waals surface area contributed by atoms with E-state index in [2.05, 4.69) is 11.3 Å². The molecule has 6 heteroatoms. The molecule has 0 rings (SSSR count). The van der Waals surface area contributed by atoms with Gasteiger partial charge in [-0.25, -0.2) is 14.4 Å². The SMILES string of the molecule is C=CC(=O)O/C(=C/C(=O)O)C(=O)OCCCC. The second kappa shape index (κ2) is 8.09. The normalized spacial score (nSPS) is 10.5. The summed E-state index contributed by atoms with van der Waals surface area (Å²) in [6, 6.07) is 0. The van der Waals surface area contributed by atoms with Crippen molar-refractivity contribution in [1.29, 1.82) is 0 Å². The molecule has 0 aromatic rings. The Labute approximate surface area is 98.5 Å². The quantitative estimate of drug-likeness (QED) is 0.310. The van der Waals surface area contributed by atoms with Crippen LogP contribution in [0.3, 0.4) is 0 Å². The Balaban J connectivity index is 4.57. The molecule has 94 valence electrons. The van der Waals surface area contributed by atoms with Crippen LogP contribution in [0.1, 0.15) is 19.8 Å². The highest BCUT2D eigenvalue weighted by molar-refractivity contribution is 5.97. The number of ether oxygens (including phenoxy) is 2. The molecule has 0 aliphatic rings. The summed E-state index contributed by atoms with van der Waals surface area (Å²) in [4.78, 5) is 32.6. The van der Waals surface area contributed by atoms with Crippen LogP contribution in [0.4, 0.5) is 0 Å². The minimum Gasteiger partial charge on any atom is -0.478 e. The molecular formula is C11H14O6. The van der Waals surface area contributed by atoms with Crippen molar-refractivity contribution in [2.45, 2.75) is 19.8 Å². The van der Waals surface area contributed by atoms with Gasteiger partial charge >= 0.3 is 17.9 Å². The number of unbranched alkanes of at least 4 members (excludes halogenated alkanes) is 1. The summed E-state index contributed by atoms with van der Waals surface area (Å²) in [5.41, 5.74) is 0. The van der Waals surface area contributed by atoms with Gasteiger partial charge in [-0.3, -0.25) is 0 Å². The summed E-state index contributed by atoms with van der Waals surface area (Å²) < 4.78 is 9.16. The molecule has 17 heavy (non-hydrogen) atoms. The fourth-order valence-corrected chi connectivity index (χ4v) is 0.773. The van der Waals surface area contributed by atoms with Gasteiger partial charge in [0.15, 0.2) is 0 Å². The van der Waals surface area contributed by atoms with Gasteiger partial charge in [-0.2, -0.15) is 0 Å². The van der Waals surface area contributed by atoms with Crippen LogP contribution in [0.2, 0.25) is 0 Å². The molecule has 0 radical (unpaired) electrons. The second-order valence-corrected chi connectivity index (χ2v) is 2.96. The monoisotopic (exact) mass is 242 g/mol. The Morgan fingerprint density at radius 3 is 2.47 bits per heavy atom. The smallest absolute Gasteiger partial charge is 0.374 e. The van der Waals surface area contributed by atoms with Crippen LogP contribution >= 0.6 is 0 Å². The van der Waals surface area contributed by atoms with Gasteiger partial charge in [0.05, 0.1) is 12.7 Å². The number of carbonyl (C=O) groups is 3. The molecule has 0 bridgehead atoms. The van der Waals surface area contributed by atoms with E-state index in [0.717, 1.165) is 12.5 Å². The van der Waals surface area contributed by atoms with Gasteiger partial charge in [0.25, 0.3) is 0 Å². The van der Waals surface area contributed by atoms with Crippen molar-refractivity contribution in [2.75, 3.05) is 6.61 Å². The van der Waals surface area contributed by atoms with Crippen LogP contribution in [0, 0.1) is 0 Å². The van der Waals surface area contributed by atoms with Gasteiger partial charge < -0.3 is 14.6 Å². The van der Waals surface area contributed by atoms with Crippen LogP contribution < -0.4 is 0 Å². The average molecular weight is 242 g/mol. The van der Waals surface area contributed by atoms with Crippen molar-refractivity contribution in [2.24, 2.45) is 0 Å². The molecule has 0 saturated heterocycles. The summed E-state index contributed by atoms with van der Waals surface area (Å²) in [7, 11) is 0. The van der Waals surface area contributed by atoms with E-state index in [-0.39, 0.29) is 6.61 Å². The summed E-state index contributed by atoms with van der Waals surface area (Å²) in [6.45, 7) is 5.17. The molecule has 0 aromatic heterocycles. The molecule has 0 amide bonds. The van der Waals surface area contributed by atoms with Crippen molar-refractivity contribution in [1.82, 2.24) is 0 Å². The number of carbonyl (C=O) groups excluding carboxylic acids is 2. The number of carboxylic acid groups (broad SMARTS) is 1. The van der Waals surface area contributed by atoms with E-state index in [4.69, 9.17) is 9.84 Å². The molecule has 6 nitrogen and oxygen atoms in total. The third-order valence-electron chi connectivity index (χ3n) is 1.56. The van der Waals surface area contributed by atoms with E-state index in [1.165, 1.54) is 0 Å². The van der Waals surface area contributed by atoms with Gasteiger partial charge in [-0.05, 0) is 6.42 Å². The van der Waals surface area contributed by atoms with Gasteiger partial charge in [0.1, 0.15) is 0 Å². The van der Waals surface area contributed by atoms with Crippen molar-refractivity contribution < 1.29 is 29.0 Å². The molecule has 0 heterocycles. The highest BCUT2D eigenvalue weighted by Crippen LogP contribution is 2.03. The maximum atomic E-state index is 11.3. The molecule has 0 aliphatic heterocycles. The number of aliphatic carboxylic acids is 1. The number of esters is 2. The molecule has 1 N–H and O–H groups in total. The third kappa shape index (κ3) is 6.88. The zero-order valence-corrected chi connectivity index (χ0v) is 9.47. The number of hydrogen-bond acceptors (Lipinski definition) is 5. The van der Waals surface area contributed by atoms with E-state index in [0.29, 0.717) is 12.5 Å². The lowest BCUT2D eigenvalue weighted by molar-refractivity contribution is -0.149. The predicted octanol–water partition coefficient (Wildman–Crippen LogP) is 1.03. The maximum Gasteiger partial charge on any atom is 0.374 e. The van der Waals surface area contributed by atoms with Crippen molar-refractivity contribution in [3.8, 4) is 0 Å². The van der Waals surface area contributed by atoms with E-state index in [1.54, 1.807) is 0 Å². The van der Waals surface area contributed by atoms with E-state index in [9.17, 15) is 14.4 Å². The topological polar surface area (TPSA) is 89.9 Å². The maximum absolute atomic E-state index is 11.3. The molecular weight excluding hydrogens is 228 g/mol. The lowest BCUT2D eigenvalue weighted by atomic mass is 10.3. The first kappa shape index (κ1) is 14.9. The van der Waals surface area contributed by atoms with Crippen LogP contribution in [0.5, 0.6) is 0 Å². The van der Waals surface area contributed by atoms with Crippen LogP contribution in [0.25, 0.3) is 0 Å². The second-order valence-electron chi connectivity index (χ2n) is 2.96. The molecule has 0 saturated carbocycles. The average Bonchev–Trinajstić information content (AvgIpc) is 2.27. The first-order chi connectivity index (χ1) is 8.01. The number of carboxylic acids is 1. The van der Waals surface area contributed by atoms with Crippen LogP contribution in [-0.2, 0) is 23.9 Å². The van der Waals surface area contributed by atoms with E-state index < -0.39 is 23.7 Å². The Morgan fingerprint density at radius 1 is 1.35 bits per heavy atom. The lowest BCUT2D eigenvalue weighted by Gasteiger charge is -2.06. The molecule has 0 unspecified atom stereocenters. The molecule has 0 spiro atoms. The minimum absolute atomic E-state index is 0.137. The predicted molar refractivity (Wildman–Crippen MR) is 57.9 cm³/mol. The van der Waals surface area contributed by atoms with Crippen molar-refractivity contribution >= 4 is 17.9 Å². The largest absolute Gasteiger partial charge is 0.478 e. The molecule has 0 aliphatic carbocycles. The first-order valence-electron chi connectivity index (χ1n) is 4.97. The van der Waals surface area contributed by atoms with Gasteiger partial charge in [-0.15, -0.1) is 0 Å². The van der Waals surface area contributed by atoms with Crippen LogP contribution in [0.15, 0.2) is 24.5 Å². The van der Waals surface area contributed by atoms with Gasteiger partial charge in [-0.1, -0.05) is 19.9 Å². The number of rotatable bonds is 7. The molecule has 0 fully saturated rings. The molecule has 0 atom stereocenters. The lowest BCUT2D eigenvalue weighted by Crippen LogP contribution is -2.15.